The van der Waals surface area contributed by atoms with E-state index in [1.807, 2.05) is 23.1 Å². The largest absolute Gasteiger partial charge is 0.322 e. The SMILES string of the molecule is CSc1ccc([N+](=O)[O-])c(C(=O)Nc2ccc(-c3nnnn3C3CC3)cc2)c1. The van der Waals surface area contributed by atoms with Gasteiger partial charge in [-0.05, 0) is 65.9 Å². The lowest BCUT2D eigenvalue weighted by Crippen LogP contribution is -2.14. The predicted molar refractivity (Wildman–Crippen MR) is 104 cm³/mol. The Morgan fingerprint density at radius 1 is 1.25 bits per heavy atom. The van der Waals surface area contributed by atoms with E-state index >= 15 is 0 Å². The van der Waals surface area contributed by atoms with Crippen LogP contribution < -0.4 is 5.32 Å². The van der Waals surface area contributed by atoms with E-state index in [1.54, 1.807) is 18.2 Å². The van der Waals surface area contributed by atoms with E-state index < -0.39 is 10.8 Å². The van der Waals surface area contributed by atoms with Crippen molar-refractivity contribution in [1.29, 1.82) is 0 Å². The Morgan fingerprint density at radius 3 is 2.64 bits per heavy atom. The molecular formula is C18H16N6O3S. The van der Waals surface area contributed by atoms with Crippen LogP contribution in [0.5, 0.6) is 0 Å². The molecule has 1 amide bonds. The maximum Gasteiger partial charge on any atom is 0.282 e. The molecule has 4 rings (SSSR count). The first-order valence-electron chi connectivity index (χ1n) is 8.59. The molecule has 28 heavy (non-hydrogen) atoms. The number of nitrogens with zero attached hydrogens (tertiary/aromatic N) is 5. The highest BCUT2D eigenvalue weighted by atomic mass is 32.2. The van der Waals surface area contributed by atoms with Crippen molar-refractivity contribution in [2.75, 3.05) is 11.6 Å². The zero-order valence-electron chi connectivity index (χ0n) is 14.9. The van der Waals surface area contributed by atoms with E-state index in [1.165, 1.54) is 23.9 Å². The van der Waals surface area contributed by atoms with Gasteiger partial charge in [0.05, 0.1) is 11.0 Å². The van der Waals surface area contributed by atoms with Gasteiger partial charge in [-0.1, -0.05) is 0 Å². The molecule has 1 aliphatic rings. The van der Waals surface area contributed by atoms with Gasteiger partial charge in [-0.2, -0.15) is 0 Å². The van der Waals surface area contributed by atoms with Crippen LogP contribution in [0.25, 0.3) is 11.4 Å². The van der Waals surface area contributed by atoms with Crippen molar-refractivity contribution in [3.05, 3.63) is 58.1 Å². The van der Waals surface area contributed by atoms with Gasteiger partial charge in [0.2, 0.25) is 0 Å². The third kappa shape index (κ3) is 3.58. The molecule has 0 aliphatic heterocycles. The number of carbonyl (C=O) groups excluding carboxylic acids is 1. The van der Waals surface area contributed by atoms with Gasteiger partial charge in [0, 0.05) is 22.2 Å². The number of thioether (sulfide) groups is 1. The minimum atomic E-state index is -0.556. The zero-order chi connectivity index (χ0) is 19.7. The fraction of sp³-hybridized carbons (Fsp3) is 0.222. The second kappa shape index (κ2) is 7.39. The lowest BCUT2D eigenvalue weighted by Gasteiger charge is -2.08. The first kappa shape index (κ1) is 18.1. The van der Waals surface area contributed by atoms with Gasteiger partial charge in [-0.3, -0.25) is 14.9 Å². The number of benzene rings is 2. The summed E-state index contributed by atoms with van der Waals surface area (Å²) in [5, 5.41) is 25.8. The van der Waals surface area contributed by atoms with Gasteiger partial charge in [-0.25, -0.2) is 4.68 Å². The van der Waals surface area contributed by atoms with E-state index in [4.69, 9.17) is 0 Å². The van der Waals surface area contributed by atoms with Gasteiger partial charge >= 0.3 is 0 Å². The molecule has 1 aromatic heterocycles. The van der Waals surface area contributed by atoms with Crippen molar-refractivity contribution < 1.29 is 9.72 Å². The molecular weight excluding hydrogens is 380 g/mol. The number of carbonyl (C=O) groups is 1. The smallest absolute Gasteiger partial charge is 0.282 e. The normalized spacial score (nSPS) is 13.3. The summed E-state index contributed by atoms with van der Waals surface area (Å²) >= 11 is 1.41. The Hall–Kier alpha value is -3.27. The van der Waals surface area contributed by atoms with Crippen molar-refractivity contribution in [3.63, 3.8) is 0 Å². The van der Waals surface area contributed by atoms with Crippen molar-refractivity contribution in [3.8, 4) is 11.4 Å². The number of nitrogens with one attached hydrogen (secondary N) is 1. The Balaban J connectivity index is 1.55. The van der Waals surface area contributed by atoms with E-state index in [-0.39, 0.29) is 11.3 Å². The van der Waals surface area contributed by atoms with Crippen molar-refractivity contribution in [1.82, 2.24) is 20.2 Å². The molecule has 1 saturated carbocycles. The fourth-order valence-electron chi connectivity index (χ4n) is 2.83. The quantitative estimate of drug-likeness (QED) is 0.385. The summed E-state index contributed by atoms with van der Waals surface area (Å²) in [5.41, 5.74) is 1.17. The molecule has 0 atom stereocenters. The molecule has 0 saturated heterocycles. The first-order valence-corrected chi connectivity index (χ1v) is 9.81. The molecule has 0 spiro atoms. The zero-order valence-corrected chi connectivity index (χ0v) is 15.7. The van der Waals surface area contributed by atoms with Gasteiger partial charge in [0.15, 0.2) is 5.82 Å². The van der Waals surface area contributed by atoms with Crippen LogP contribution in [0, 0.1) is 10.1 Å². The number of anilines is 1. The Bertz CT molecular complexity index is 1050. The highest BCUT2D eigenvalue weighted by molar-refractivity contribution is 7.98. The van der Waals surface area contributed by atoms with Crippen LogP contribution >= 0.6 is 11.8 Å². The third-order valence-corrected chi connectivity index (χ3v) is 5.16. The molecule has 1 heterocycles. The molecule has 9 nitrogen and oxygen atoms in total. The highest BCUT2D eigenvalue weighted by Gasteiger charge is 2.28. The van der Waals surface area contributed by atoms with E-state index in [0.29, 0.717) is 17.6 Å². The number of hydrogen-bond donors (Lipinski definition) is 1. The van der Waals surface area contributed by atoms with Gasteiger partial charge in [0.25, 0.3) is 11.6 Å². The number of nitro benzene ring substituents is 1. The van der Waals surface area contributed by atoms with E-state index in [2.05, 4.69) is 20.8 Å². The molecule has 0 radical (unpaired) electrons. The Labute approximate surface area is 164 Å². The topological polar surface area (TPSA) is 116 Å². The molecule has 1 aliphatic carbocycles. The van der Waals surface area contributed by atoms with E-state index in [9.17, 15) is 14.9 Å². The van der Waals surface area contributed by atoms with Crippen molar-refractivity contribution >= 4 is 29.0 Å². The number of amides is 1. The molecule has 2 aromatic carbocycles. The minimum absolute atomic E-state index is 0.0265. The first-order chi connectivity index (χ1) is 13.6. The van der Waals surface area contributed by atoms with Crippen LogP contribution in [-0.4, -0.2) is 37.3 Å². The number of nitro groups is 1. The van der Waals surface area contributed by atoms with Gasteiger partial charge < -0.3 is 5.32 Å². The molecule has 0 unspecified atom stereocenters. The number of tetrazole rings is 1. The van der Waals surface area contributed by atoms with Gasteiger partial charge in [0.1, 0.15) is 5.56 Å². The Morgan fingerprint density at radius 2 is 2.00 bits per heavy atom. The summed E-state index contributed by atoms with van der Waals surface area (Å²) < 4.78 is 1.81. The summed E-state index contributed by atoms with van der Waals surface area (Å²) in [6.45, 7) is 0. The fourth-order valence-corrected chi connectivity index (χ4v) is 3.27. The lowest BCUT2D eigenvalue weighted by atomic mass is 10.1. The van der Waals surface area contributed by atoms with Crippen LogP contribution in [0.2, 0.25) is 0 Å². The Kier molecular flexibility index (Phi) is 4.78. The third-order valence-electron chi connectivity index (χ3n) is 4.43. The average molecular weight is 396 g/mol. The number of rotatable bonds is 6. The molecule has 142 valence electrons. The van der Waals surface area contributed by atoms with Crippen LogP contribution in [0.4, 0.5) is 11.4 Å². The summed E-state index contributed by atoms with van der Waals surface area (Å²) in [7, 11) is 0. The second-order valence-corrected chi connectivity index (χ2v) is 7.23. The molecule has 3 aromatic rings. The van der Waals surface area contributed by atoms with Crippen LogP contribution in [0.15, 0.2) is 47.4 Å². The maximum absolute atomic E-state index is 12.6. The second-order valence-electron chi connectivity index (χ2n) is 6.35. The van der Waals surface area contributed by atoms with Crippen LogP contribution in [-0.2, 0) is 0 Å². The van der Waals surface area contributed by atoms with Crippen LogP contribution in [0.3, 0.4) is 0 Å². The molecule has 10 heteroatoms. The molecule has 1 fully saturated rings. The molecule has 0 bridgehead atoms. The maximum atomic E-state index is 12.6. The summed E-state index contributed by atoms with van der Waals surface area (Å²) in [6, 6.07) is 11.9. The van der Waals surface area contributed by atoms with Crippen LogP contribution in [0.1, 0.15) is 29.2 Å². The lowest BCUT2D eigenvalue weighted by molar-refractivity contribution is -0.385. The standard InChI is InChI=1S/C18H16N6O3S/c1-28-14-8-9-16(24(26)27)15(10-14)18(25)19-12-4-2-11(3-5-12)17-20-21-22-23(17)13-6-7-13/h2-5,8-10,13H,6-7H2,1H3,(H,19,25). The average Bonchev–Trinajstić information content (AvgIpc) is 3.44. The van der Waals surface area contributed by atoms with Crippen molar-refractivity contribution in [2.24, 2.45) is 0 Å². The predicted octanol–water partition coefficient (Wildman–Crippen LogP) is 3.56. The summed E-state index contributed by atoms with van der Waals surface area (Å²) in [4.78, 5) is 24.1. The minimum Gasteiger partial charge on any atom is -0.322 e. The molecule has 1 N–H and O–H groups in total. The monoisotopic (exact) mass is 396 g/mol. The van der Waals surface area contributed by atoms with E-state index in [0.717, 1.165) is 23.3 Å². The number of aromatic nitrogens is 4. The summed E-state index contributed by atoms with van der Waals surface area (Å²) in [6.07, 6.45) is 3.98. The highest BCUT2D eigenvalue weighted by Crippen LogP contribution is 2.36. The summed E-state index contributed by atoms with van der Waals surface area (Å²) in [5.74, 6) is 0.154. The van der Waals surface area contributed by atoms with Crippen molar-refractivity contribution in [2.45, 2.75) is 23.8 Å². The van der Waals surface area contributed by atoms with Gasteiger partial charge in [-0.15, -0.1) is 16.9 Å². The number of hydrogen-bond acceptors (Lipinski definition) is 7.